The summed E-state index contributed by atoms with van der Waals surface area (Å²) in [4.78, 5) is 0. The molecule has 3 nitrogen and oxygen atoms in total. The summed E-state index contributed by atoms with van der Waals surface area (Å²) >= 11 is 3.72. The van der Waals surface area contributed by atoms with Crippen LogP contribution in [0.25, 0.3) is 79.0 Å². The summed E-state index contributed by atoms with van der Waals surface area (Å²) in [5.41, 5.74) is 6.11. The van der Waals surface area contributed by atoms with Gasteiger partial charge < -0.3 is 4.57 Å². The molecule has 5 heteroatoms. The fourth-order valence-corrected chi connectivity index (χ4v) is 9.10. The maximum absolute atomic E-state index is 10.4. The number of thiophene rings is 2. The van der Waals surface area contributed by atoms with Crippen LogP contribution in [0.4, 0.5) is 0 Å². The van der Waals surface area contributed by atoms with Crippen molar-refractivity contribution in [2.24, 2.45) is 0 Å². The Morgan fingerprint density at radius 3 is 2.05 bits per heavy atom. The molecule has 9 rings (SSSR count). The second-order valence-corrected chi connectivity index (χ2v) is 12.8. The van der Waals surface area contributed by atoms with Crippen LogP contribution >= 0.6 is 22.7 Å². The SMILES string of the molecule is N#Cc1ccc2c(c1)c1ccccc1n2-c1c(C#N)cccc1-c1ccc2sc3c(ccc4c5ccccc5sc43)c2c1. The van der Waals surface area contributed by atoms with Crippen molar-refractivity contribution >= 4 is 84.8 Å². The first-order valence-corrected chi connectivity index (χ1v) is 15.6. The van der Waals surface area contributed by atoms with Crippen LogP contribution in [-0.2, 0) is 0 Å². The molecule has 3 heterocycles. The first-order valence-electron chi connectivity index (χ1n) is 14.0. The molecule has 3 aromatic heterocycles. The van der Waals surface area contributed by atoms with Gasteiger partial charge in [-0.2, -0.15) is 10.5 Å². The van der Waals surface area contributed by atoms with E-state index in [-0.39, 0.29) is 0 Å². The van der Waals surface area contributed by atoms with E-state index in [0.29, 0.717) is 11.1 Å². The molecule has 0 saturated carbocycles. The van der Waals surface area contributed by atoms with E-state index in [4.69, 9.17) is 0 Å². The molecular weight excluding hydrogens is 563 g/mol. The van der Waals surface area contributed by atoms with Crippen LogP contribution in [0.3, 0.4) is 0 Å². The standard InChI is InChI=1S/C38H19N3S2/c39-20-22-12-16-33-30(18-22)26-7-1-3-10-32(26)41(33)36-24(21-40)6-5-9-25(36)23-13-17-35-31(19-23)29-15-14-28-27-8-2-4-11-34(27)42-37(28)38(29)43-35/h1-19H. The highest BCUT2D eigenvalue weighted by Gasteiger charge is 2.20. The molecule has 0 atom stereocenters. The van der Waals surface area contributed by atoms with Crippen LogP contribution in [0, 0.1) is 22.7 Å². The van der Waals surface area contributed by atoms with E-state index < -0.39 is 0 Å². The molecule has 198 valence electrons. The highest BCUT2D eigenvalue weighted by atomic mass is 32.1. The lowest BCUT2D eigenvalue weighted by Gasteiger charge is -2.16. The van der Waals surface area contributed by atoms with Gasteiger partial charge in [-0.15, -0.1) is 22.7 Å². The van der Waals surface area contributed by atoms with Gasteiger partial charge in [-0.05, 0) is 54.1 Å². The van der Waals surface area contributed by atoms with Gasteiger partial charge in [-0.3, -0.25) is 0 Å². The number of nitrogens with zero attached hydrogens (tertiary/aromatic N) is 3. The van der Waals surface area contributed by atoms with Crippen LogP contribution in [0.2, 0.25) is 0 Å². The third-order valence-corrected chi connectivity index (χ3v) is 11.0. The number of benzene rings is 6. The molecule has 0 amide bonds. The Kier molecular flexibility index (Phi) is 5.07. The molecule has 0 N–H and O–H groups in total. The summed E-state index contributed by atoms with van der Waals surface area (Å²) in [5.74, 6) is 0. The zero-order chi connectivity index (χ0) is 28.7. The summed E-state index contributed by atoms with van der Waals surface area (Å²) in [6.07, 6.45) is 0. The zero-order valence-corrected chi connectivity index (χ0v) is 24.3. The van der Waals surface area contributed by atoms with Crippen LogP contribution in [0.15, 0.2) is 115 Å². The van der Waals surface area contributed by atoms with Gasteiger partial charge in [0.1, 0.15) is 6.07 Å². The second-order valence-electron chi connectivity index (χ2n) is 10.7. The Labute approximate surface area is 254 Å². The minimum Gasteiger partial charge on any atom is -0.307 e. The molecule has 0 aliphatic carbocycles. The molecule has 43 heavy (non-hydrogen) atoms. The van der Waals surface area contributed by atoms with Crippen molar-refractivity contribution < 1.29 is 0 Å². The van der Waals surface area contributed by atoms with Crippen molar-refractivity contribution in [2.75, 3.05) is 0 Å². The van der Waals surface area contributed by atoms with E-state index in [0.717, 1.165) is 38.6 Å². The van der Waals surface area contributed by atoms with Gasteiger partial charge in [0.15, 0.2) is 0 Å². The summed E-state index contributed by atoms with van der Waals surface area (Å²) in [7, 11) is 0. The molecule has 0 spiro atoms. The van der Waals surface area contributed by atoms with Crippen molar-refractivity contribution in [1.82, 2.24) is 4.57 Å². The van der Waals surface area contributed by atoms with Gasteiger partial charge >= 0.3 is 0 Å². The predicted octanol–water partition coefficient (Wildman–Crippen LogP) is 10.9. The summed E-state index contributed by atoms with van der Waals surface area (Å²) in [5, 5.41) is 27.1. The van der Waals surface area contributed by atoms with E-state index in [1.807, 2.05) is 65.1 Å². The number of para-hydroxylation sites is 2. The molecule has 6 aromatic carbocycles. The van der Waals surface area contributed by atoms with E-state index in [1.54, 1.807) is 0 Å². The lowest BCUT2D eigenvalue weighted by atomic mass is 9.98. The maximum Gasteiger partial charge on any atom is 0.101 e. The largest absolute Gasteiger partial charge is 0.307 e. The van der Waals surface area contributed by atoms with Crippen LogP contribution in [0.1, 0.15) is 11.1 Å². The molecule has 0 saturated heterocycles. The smallest absolute Gasteiger partial charge is 0.101 e. The number of aromatic nitrogens is 1. The minimum absolute atomic E-state index is 0.603. The van der Waals surface area contributed by atoms with Gasteiger partial charge in [0, 0.05) is 47.3 Å². The highest BCUT2D eigenvalue weighted by molar-refractivity contribution is 7.33. The van der Waals surface area contributed by atoms with Gasteiger partial charge in [-0.25, -0.2) is 0 Å². The zero-order valence-electron chi connectivity index (χ0n) is 22.6. The quantitative estimate of drug-likeness (QED) is 0.204. The van der Waals surface area contributed by atoms with Crippen molar-refractivity contribution in [2.45, 2.75) is 0 Å². The molecule has 0 radical (unpaired) electrons. The average molecular weight is 582 g/mol. The fourth-order valence-electron chi connectivity index (χ4n) is 6.58. The molecule has 0 aliphatic rings. The lowest BCUT2D eigenvalue weighted by Crippen LogP contribution is -2.00. The third kappa shape index (κ3) is 3.38. The minimum atomic E-state index is 0.603. The van der Waals surface area contributed by atoms with E-state index >= 15 is 0 Å². The van der Waals surface area contributed by atoms with Crippen molar-refractivity contribution in [1.29, 1.82) is 10.5 Å². The Hall–Kier alpha value is -5.46. The van der Waals surface area contributed by atoms with E-state index in [9.17, 15) is 10.5 Å². The number of nitriles is 2. The summed E-state index contributed by atoms with van der Waals surface area (Å²) < 4.78 is 7.43. The maximum atomic E-state index is 10.4. The van der Waals surface area contributed by atoms with Crippen molar-refractivity contribution in [3.63, 3.8) is 0 Å². The highest BCUT2D eigenvalue weighted by Crippen LogP contribution is 2.46. The van der Waals surface area contributed by atoms with Crippen LogP contribution in [-0.4, -0.2) is 4.57 Å². The Bertz CT molecular complexity index is 2710. The number of rotatable bonds is 2. The predicted molar refractivity (Wildman–Crippen MR) is 181 cm³/mol. The van der Waals surface area contributed by atoms with Crippen molar-refractivity contribution in [3.05, 3.63) is 126 Å². The van der Waals surface area contributed by atoms with E-state index in [1.165, 1.54) is 40.3 Å². The summed E-state index contributed by atoms with van der Waals surface area (Å²) in [6.45, 7) is 0. The molecule has 0 bridgehead atoms. The summed E-state index contributed by atoms with van der Waals surface area (Å²) in [6, 6.07) is 44.6. The van der Waals surface area contributed by atoms with E-state index in [2.05, 4.69) is 89.5 Å². The van der Waals surface area contributed by atoms with Crippen LogP contribution < -0.4 is 0 Å². The van der Waals surface area contributed by atoms with Gasteiger partial charge in [0.25, 0.3) is 0 Å². The Morgan fingerprint density at radius 1 is 0.512 bits per heavy atom. The molecule has 9 aromatic rings. The van der Waals surface area contributed by atoms with Gasteiger partial charge in [0.2, 0.25) is 0 Å². The Balaban J connectivity index is 1.34. The number of fused-ring (bicyclic) bond motifs is 10. The van der Waals surface area contributed by atoms with Crippen LogP contribution in [0.5, 0.6) is 0 Å². The molecule has 0 aliphatic heterocycles. The normalized spacial score (nSPS) is 11.7. The van der Waals surface area contributed by atoms with Crippen molar-refractivity contribution in [3.8, 4) is 29.0 Å². The van der Waals surface area contributed by atoms with Gasteiger partial charge in [-0.1, -0.05) is 66.7 Å². The Morgan fingerprint density at radius 2 is 1.23 bits per heavy atom. The number of hydrogen-bond donors (Lipinski definition) is 0. The molecular formula is C38H19N3S2. The first-order chi connectivity index (χ1) is 21.2. The topological polar surface area (TPSA) is 52.5 Å². The average Bonchev–Trinajstić information content (AvgIpc) is 3.73. The second kappa shape index (κ2) is 9.02. The lowest BCUT2D eigenvalue weighted by molar-refractivity contribution is 1.17. The van der Waals surface area contributed by atoms with Gasteiger partial charge in [0.05, 0.1) is 43.3 Å². The molecule has 0 unspecified atom stereocenters. The number of hydrogen-bond acceptors (Lipinski definition) is 4. The fraction of sp³-hybridized carbons (Fsp3) is 0. The molecule has 0 fully saturated rings. The third-order valence-electron chi connectivity index (χ3n) is 8.48. The first kappa shape index (κ1) is 24.2. The monoisotopic (exact) mass is 581 g/mol.